The van der Waals surface area contributed by atoms with E-state index in [1.54, 1.807) is 4.90 Å². The van der Waals surface area contributed by atoms with Crippen molar-refractivity contribution in [2.75, 3.05) is 32.8 Å². The summed E-state index contributed by atoms with van der Waals surface area (Å²) in [6.45, 7) is 8.17. The van der Waals surface area contributed by atoms with Crippen LogP contribution in [0.2, 0.25) is 0 Å². The van der Waals surface area contributed by atoms with Crippen molar-refractivity contribution in [3.63, 3.8) is 0 Å². The van der Waals surface area contributed by atoms with Crippen LogP contribution in [0, 0.1) is 0 Å². The van der Waals surface area contributed by atoms with Gasteiger partial charge in [-0.25, -0.2) is 0 Å². The Balaban J connectivity index is 4.13. The molecule has 7 heteroatoms. The average Bonchev–Trinajstić information content (AvgIpc) is 2.63. The molecular weight excluding hydrogens is 348 g/mol. The van der Waals surface area contributed by atoms with Crippen molar-refractivity contribution in [2.24, 2.45) is 0 Å². The van der Waals surface area contributed by atoms with Gasteiger partial charge in [0.2, 0.25) is 5.91 Å². The van der Waals surface area contributed by atoms with Gasteiger partial charge in [-0.3, -0.25) is 14.4 Å². The predicted molar refractivity (Wildman–Crippen MR) is 105 cm³/mol. The summed E-state index contributed by atoms with van der Waals surface area (Å²) in [5.41, 5.74) is 0. The first-order chi connectivity index (χ1) is 13.0. The minimum Gasteiger partial charge on any atom is -0.466 e. The number of amides is 1. The number of carbonyl (C=O) groups excluding carboxylic acids is 3. The molecule has 1 N–H and O–H groups in total. The Morgan fingerprint density at radius 1 is 1.04 bits per heavy atom. The van der Waals surface area contributed by atoms with Crippen molar-refractivity contribution < 1.29 is 23.9 Å². The zero-order chi connectivity index (χ0) is 20.3. The Hall–Kier alpha value is -1.63. The molecule has 0 bridgehead atoms. The molecule has 0 aromatic rings. The van der Waals surface area contributed by atoms with Crippen molar-refractivity contribution in [2.45, 2.75) is 78.2 Å². The third-order valence-electron chi connectivity index (χ3n) is 4.29. The molecule has 1 atom stereocenters. The number of ether oxygens (including phenoxy) is 2. The maximum absolute atomic E-state index is 12.4. The summed E-state index contributed by atoms with van der Waals surface area (Å²) in [5, 5.41) is 3.19. The topological polar surface area (TPSA) is 84.9 Å². The lowest BCUT2D eigenvalue weighted by molar-refractivity contribution is -0.146. The first-order valence-electron chi connectivity index (χ1n) is 10.3. The highest BCUT2D eigenvalue weighted by molar-refractivity contribution is 5.77. The van der Waals surface area contributed by atoms with Crippen LogP contribution in [0.25, 0.3) is 0 Å². The number of nitrogens with one attached hydrogen (secondary N) is 1. The molecule has 0 aliphatic carbocycles. The van der Waals surface area contributed by atoms with Crippen LogP contribution in [0.4, 0.5) is 0 Å². The number of carbonyl (C=O) groups is 3. The number of nitrogens with zero attached hydrogens (tertiary/aromatic N) is 1. The van der Waals surface area contributed by atoms with Crippen molar-refractivity contribution in [3.8, 4) is 0 Å². The van der Waals surface area contributed by atoms with Crippen molar-refractivity contribution >= 4 is 18.3 Å². The van der Waals surface area contributed by atoms with Crippen molar-refractivity contribution in [1.82, 2.24) is 10.2 Å². The zero-order valence-corrected chi connectivity index (χ0v) is 17.3. The maximum Gasteiger partial charge on any atom is 0.305 e. The normalized spacial score (nSPS) is 11.7. The number of unbranched alkanes of at least 4 members (excludes halogenated alkanes) is 5. The fraction of sp³-hybridized carbons (Fsp3) is 0.850. The molecule has 1 unspecified atom stereocenters. The van der Waals surface area contributed by atoms with Gasteiger partial charge in [-0.05, 0) is 19.9 Å². The molecule has 0 aliphatic heterocycles. The van der Waals surface area contributed by atoms with E-state index in [1.165, 1.54) is 19.3 Å². The van der Waals surface area contributed by atoms with E-state index in [4.69, 9.17) is 4.74 Å². The standard InChI is InChI=1S/C20H38N2O5/c1-4-6-7-8-9-10-11-20(25)27-15-13-22(12-14-26-17-23)19(24)16-18(3)21-5-2/h17-18,21H,4-16H2,1-3H3. The van der Waals surface area contributed by atoms with Crippen LogP contribution in [-0.4, -0.2) is 62.1 Å². The monoisotopic (exact) mass is 386 g/mol. The summed E-state index contributed by atoms with van der Waals surface area (Å²) in [6, 6.07) is 0.0623. The van der Waals surface area contributed by atoms with Gasteiger partial charge in [-0.1, -0.05) is 46.0 Å². The lowest BCUT2D eigenvalue weighted by Gasteiger charge is -2.24. The second-order valence-electron chi connectivity index (χ2n) is 6.75. The Labute approximate surface area is 164 Å². The zero-order valence-electron chi connectivity index (χ0n) is 17.3. The summed E-state index contributed by atoms with van der Waals surface area (Å²) in [6.07, 6.45) is 7.49. The van der Waals surface area contributed by atoms with Crippen LogP contribution in [0.1, 0.15) is 72.1 Å². The Morgan fingerprint density at radius 3 is 2.37 bits per heavy atom. The molecule has 0 saturated heterocycles. The van der Waals surface area contributed by atoms with Crippen LogP contribution in [-0.2, 0) is 23.9 Å². The van der Waals surface area contributed by atoms with Gasteiger partial charge >= 0.3 is 5.97 Å². The molecule has 1 amide bonds. The van der Waals surface area contributed by atoms with Crippen LogP contribution < -0.4 is 5.32 Å². The van der Waals surface area contributed by atoms with Gasteiger partial charge in [-0.15, -0.1) is 0 Å². The van der Waals surface area contributed by atoms with E-state index in [2.05, 4.69) is 17.0 Å². The Bertz CT molecular complexity index is 404. The predicted octanol–water partition coefficient (Wildman–Crippen LogP) is 2.67. The van der Waals surface area contributed by atoms with Gasteiger partial charge in [0.15, 0.2) is 0 Å². The molecule has 27 heavy (non-hydrogen) atoms. The van der Waals surface area contributed by atoms with Gasteiger partial charge < -0.3 is 19.7 Å². The first-order valence-corrected chi connectivity index (χ1v) is 10.3. The van der Waals surface area contributed by atoms with Gasteiger partial charge in [0.25, 0.3) is 6.47 Å². The highest BCUT2D eigenvalue weighted by Gasteiger charge is 2.17. The van der Waals surface area contributed by atoms with E-state index in [-0.39, 0.29) is 31.1 Å². The second-order valence-corrected chi connectivity index (χ2v) is 6.75. The summed E-state index contributed by atoms with van der Waals surface area (Å²) in [7, 11) is 0. The third kappa shape index (κ3) is 15.2. The lowest BCUT2D eigenvalue weighted by Crippen LogP contribution is -2.40. The summed E-state index contributed by atoms with van der Waals surface area (Å²) < 4.78 is 9.94. The second kappa shape index (κ2) is 17.8. The molecule has 0 radical (unpaired) electrons. The minimum absolute atomic E-state index is 0.0510. The van der Waals surface area contributed by atoms with Crippen molar-refractivity contribution in [1.29, 1.82) is 0 Å². The van der Waals surface area contributed by atoms with E-state index in [9.17, 15) is 14.4 Å². The molecule has 0 heterocycles. The summed E-state index contributed by atoms with van der Waals surface area (Å²) in [4.78, 5) is 36.1. The molecule has 7 nitrogen and oxygen atoms in total. The fourth-order valence-electron chi connectivity index (χ4n) is 2.78. The number of rotatable bonds is 18. The molecule has 0 fully saturated rings. The van der Waals surface area contributed by atoms with E-state index in [0.29, 0.717) is 32.4 Å². The fourth-order valence-corrected chi connectivity index (χ4v) is 2.78. The highest BCUT2D eigenvalue weighted by atomic mass is 16.5. The first kappa shape index (κ1) is 25.4. The van der Waals surface area contributed by atoms with E-state index >= 15 is 0 Å². The van der Waals surface area contributed by atoms with Crippen LogP contribution in [0.3, 0.4) is 0 Å². The lowest BCUT2D eigenvalue weighted by atomic mass is 10.1. The number of esters is 1. The molecule has 158 valence electrons. The molecule has 0 aliphatic rings. The van der Waals surface area contributed by atoms with Gasteiger partial charge in [0, 0.05) is 18.9 Å². The Kier molecular flexibility index (Phi) is 16.7. The molecular formula is C20H38N2O5. The smallest absolute Gasteiger partial charge is 0.305 e. The van der Waals surface area contributed by atoms with Gasteiger partial charge in [0.05, 0.1) is 13.1 Å². The van der Waals surface area contributed by atoms with E-state index < -0.39 is 0 Å². The van der Waals surface area contributed by atoms with E-state index in [0.717, 1.165) is 25.8 Å². The molecule has 0 spiro atoms. The molecule has 0 aromatic heterocycles. The highest BCUT2D eigenvalue weighted by Crippen LogP contribution is 2.07. The third-order valence-corrected chi connectivity index (χ3v) is 4.29. The van der Waals surface area contributed by atoms with Gasteiger partial charge in [0.1, 0.15) is 13.2 Å². The quantitative estimate of drug-likeness (QED) is 0.221. The number of hydrogen-bond donors (Lipinski definition) is 1. The summed E-state index contributed by atoms with van der Waals surface area (Å²) in [5.74, 6) is -0.270. The largest absolute Gasteiger partial charge is 0.466 e. The average molecular weight is 387 g/mol. The van der Waals surface area contributed by atoms with Crippen molar-refractivity contribution in [3.05, 3.63) is 0 Å². The molecule has 0 aromatic carbocycles. The molecule has 0 saturated carbocycles. The van der Waals surface area contributed by atoms with Crippen LogP contribution in [0.15, 0.2) is 0 Å². The summed E-state index contributed by atoms with van der Waals surface area (Å²) >= 11 is 0. The van der Waals surface area contributed by atoms with Crippen LogP contribution in [0.5, 0.6) is 0 Å². The molecule has 0 rings (SSSR count). The number of hydrogen-bond acceptors (Lipinski definition) is 6. The SMILES string of the molecule is CCCCCCCCC(=O)OCCN(CCOC=O)C(=O)CC(C)NCC. The Morgan fingerprint density at radius 2 is 1.70 bits per heavy atom. The van der Waals surface area contributed by atoms with Crippen LogP contribution >= 0.6 is 0 Å². The van der Waals surface area contributed by atoms with Gasteiger partial charge in [-0.2, -0.15) is 0 Å². The minimum atomic E-state index is -0.219. The maximum atomic E-state index is 12.4. The van der Waals surface area contributed by atoms with E-state index in [1.807, 2.05) is 13.8 Å².